The minimum Gasteiger partial charge on any atom is -0.496 e. The van der Waals surface area contributed by atoms with Crippen LogP contribution in [0.4, 0.5) is 0 Å². The van der Waals surface area contributed by atoms with Gasteiger partial charge in [-0.2, -0.15) is 0 Å². The molecule has 1 atom stereocenters. The normalized spacial score (nSPS) is 20.8. The van der Waals surface area contributed by atoms with E-state index in [1.807, 2.05) is 0 Å². The van der Waals surface area contributed by atoms with E-state index >= 15 is 0 Å². The second kappa shape index (κ2) is 6.14. The van der Waals surface area contributed by atoms with Crippen molar-refractivity contribution in [2.75, 3.05) is 18.6 Å². The fraction of sp³-hybridized carbons (Fsp3) is 0.500. The molecule has 2 rings (SSSR count). The molecule has 0 amide bonds. The van der Waals surface area contributed by atoms with Gasteiger partial charge in [0.05, 0.1) is 18.6 Å². The summed E-state index contributed by atoms with van der Waals surface area (Å²) in [5, 5.41) is 0.553. The van der Waals surface area contributed by atoms with Gasteiger partial charge in [0.1, 0.15) is 11.5 Å². The van der Waals surface area contributed by atoms with Gasteiger partial charge in [-0.1, -0.05) is 11.6 Å². The van der Waals surface area contributed by atoms with E-state index in [9.17, 15) is 13.2 Å². The minimum atomic E-state index is -2.93. The van der Waals surface area contributed by atoms with E-state index in [1.165, 1.54) is 0 Å². The number of rotatable bonds is 5. The van der Waals surface area contributed by atoms with Crippen molar-refractivity contribution in [2.45, 2.75) is 19.3 Å². The summed E-state index contributed by atoms with van der Waals surface area (Å²) in [6, 6.07) is 5.15. The number of carbonyl (C=O) groups is 1. The van der Waals surface area contributed by atoms with Crippen LogP contribution in [0.15, 0.2) is 18.2 Å². The third kappa shape index (κ3) is 3.96. The fourth-order valence-electron chi connectivity index (χ4n) is 2.52. The smallest absolute Gasteiger partial charge is 0.150 e. The van der Waals surface area contributed by atoms with Gasteiger partial charge in [0, 0.05) is 23.4 Å². The summed E-state index contributed by atoms with van der Waals surface area (Å²) >= 11 is 5.92. The molecule has 0 aromatic heterocycles. The van der Waals surface area contributed by atoms with Gasteiger partial charge in [-0.25, -0.2) is 8.42 Å². The number of hydrogen-bond acceptors (Lipinski definition) is 4. The number of halogens is 1. The van der Waals surface area contributed by atoms with Crippen molar-refractivity contribution < 1.29 is 17.9 Å². The maximum absolute atomic E-state index is 12.1. The lowest BCUT2D eigenvalue weighted by atomic mass is 9.97. The standard InChI is InChI=1S/C14H17ClO4S/c1-19-14-3-2-12(15)7-11(14)8-13(16)6-10-4-5-20(17,18)9-10/h2-3,7,10H,4-6,8-9H2,1H3. The molecular weight excluding hydrogens is 300 g/mol. The number of ether oxygens (including phenoxy) is 1. The topological polar surface area (TPSA) is 60.4 Å². The molecule has 1 aliphatic heterocycles. The Kier molecular flexibility index (Phi) is 4.70. The second-order valence-corrected chi connectivity index (χ2v) is 7.81. The predicted molar refractivity (Wildman–Crippen MR) is 78.1 cm³/mol. The van der Waals surface area contributed by atoms with Gasteiger partial charge in [0.2, 0.25) is 0 Å². The summed E-state index contributed by atoms with van der Waals surface area (Å²) in [4.78, 5) is 12.1. The summed E-state index contributed by atoms with van der Waals surface area (Å²) in [6.45, 7) is 0. The van der Waals surface area contributed by atoms with Gasteiger partial charge in [0.15, 0.2) is 9.84 Å². The van der Waals surface area contributed by atoms with Crippen molar-refractivity contribution in [1.29, 1.82) is 0 Å². The number of benzene rings is 1. The van der Waals surface area contributed by atoms with E-state index in [1.54, 1.807) is 25.3 Å². The number of sulfone groups is 1. The van der Waals surface area contributed by atoms with Crippen LogP contribution in [-0.2, 0) is 21.1 Å². The van der Waals surface area contributed by atoms with Crippen LogP contribution >= 0.6 is 11.6 Å². The molecule has 4 nitrogen and oxygen atoms in total. The zero-order valence-electron chi connectivity index (χ0n) is 11.3. The largest absolute Gasteiger partial charge is 0.496 e. The third-order valence-electron chi connectivity index (χ3n) is 3.47. The summed E-state index contributed by atoms with van der Waals surface area (Å²) < 4.78 is 28.0. The molecule has 1 unspecified atom stereocenters. The Bertz CT molecular complexity index is 610. The molecule has 0 N–H and O–H groups in total. The van der Waals surface area contributed by atoms with Crippen LogP contribution in [0, 0.1) is 5.92 Å². The molecular formula is C14H17ClO4S. The summed E-state index contributed by atoms with van der Waals surface area (Å²) in [5.74, 6) is 0.934. The molecule has 0 aliphatic carbocycles. The van der Waals surface area contributed by atoms with Gasteiger partial charge in [-0.3, -0.25) is 4.79 Å². The molecule has 1 aromatic carbocycles. The Morgan fingerprint density at radius 2 is 2.20 bits per heavy atom. The molecule has 1 saturated heterocycles. The Hall–Kier alpha value is -1.07. The molecule has 0 saturated carbocycles. The van der Waals surface area contributed by atoms with E-state index in [-0.39, 0.29) is 29.6 Å². The lowest BCUT2D eigenvalue weighted by Gasteiger charge is -2.10. The quantitative estimate of drug-likeness (QED) is 0.836. The molecule has 1 aliphatic rings. The molecule has 6 heteroatoms. The van der Waals surface area contributed by atoms with E-state index in [0.29, 0.717) is 23.6 Å². The van der Waals surface area contributed by atoms with Crippen LogP contribution in [0.2, 0.25) is 5.02 Å². The van der Waals surface area contributed by atoms with Gasteiger partial charge in [-0.15, -0.1) is 0 Å². The molecule has 1 aromatic rings. The van der Waals surface area contributed by atoms with Crippen molar-refractivity contribution in [3.63, 3.8) is 0 Å². The summed E-state index contributed by atoms with van der Waals surface area (Å²) in [6.07, 6.45) is 1.11. The van der Waals surface area contributed by atoms with Crippen LogP contribution in [-0.4, -0.2) is 32.8 Å². The van der Waals surface area contributed by atoms with Gasteiger partial charge in [0.25, 0.3) is 0 Å². The molecule has 1 heterocycles. The number of hydrogen-bond donors (Lipinski definition) is 0. The maximum atomic E-state index is 12.1. The lowest BCUT2D eigenvalue weighted by Crippen LogP contribution is -2.12. The molecule has 0 radical (unpaired) electrons. The number of carbonyl (C=O) groups excluding carboxylic acids is 1. The van der Waals surface area contributed by atoms with Crippen molar-refractivity contribution in [2.24, 2.45) is 5.92 Å². The van der Waals surface area contributed by atoms with Crippen LogP contribution in [0.25, 0.3) is 0 Å². The number of methoxy groups -OCH3 is 1. The Morgan fingerprint density at radius 3 is 2.80 bits per heavy atom. The van der Waals surface area contributed by atoms with Crippen LogP contribution in [0.1, 0.15) is 18.4 Å². The van der Waals surface area contributed by atoms with Crippen molar-refractivity contribution >= 4 is 27.2 Å². The number of ketones is 1. The highest BCUT2D eigenvalue weighted by molar-refractivity contribution is 7.91. The van der Waals surface area contributed by atoms with Crippen LogP contribution < -0.4 is 4.74 Å². The SMILES string of the molecule is COc1ccc(Cl)cc1CC(=O)CC1CCS(=O)(=O)C1. The maximum Gasteiger partial charge on any atom is 0.150 e. The minimum absolute atomic E-state index is 0.0210. The highest BCUT2D eigenvalue weighted by atomic mass is 35.5. The highest BCUT2D eigenvalue weighted by Crippen LogP contribution is 2.26. The van der Waals surface area contributed by atoms with Crippen molar-refractivity contribution in [3.05, 3.63) is 28.8 Å². The summed E-state index contributed by atoms with van der Waals surface area (Å²) in [7, 11) is -1.39. The highest BCUT2D eigenvalue weighted by Gasteiger charge is 2.29. The van der Waals surface area contributed by atoms with Gasteiger partial charge >= 0.3 is 0 Å². The van der Waals surface area contributed by atoms with Crippen molar-refractivity contribution in [3.8, 4) is 5.75 Å². The third-order valence-corrected chi connectivity index (χ3v) is 5.55. The monoisotopic (exact) mass is 316 g/mol. The molecule has 20 heavy (non-hydrogen) atoms. The number of Topliss-reactive ketones (excluding diaryl/α,β-unsaturated/α-hetero) is 1. The van der Waals surface area contributed by atoms with E-state index in [2.05, 4.69) is 0 Å². The van der Waals surface area contributed by atoms with Crippen LogP contribution in [0.3, 0.4) is 0 Å². The molecule has 110 valence electrons. The second-order valence-electron chi connectivity index (χ2n) is 5.14. The Labute approximate surface area is 124 Å². The first-order valence-corrected chi connectivity index (χ1v) is 8.64. The zero-order chi connectivity index (χ0) is 14.8. The summed E-state index contributed by atoms with van der Waals surface area (Å²) in [5.41, 5.74) is 0.742. The van der Waals surface area contributed by atoms with E-state index in [4.69, 9.17) is 16.3 Å². The first-order chi connectivity index (χ1) is 9.39. The first-order valence-electron chi connectivity index (χ1n) is 6.44. The molecule has 0 bridgehead atoms. The fourth-order valence-corrected chi connectivity index (χ4v) is 4.58. The average molecular weight is 317 g/mol. The first kappa shape index (κ1) is 15.3. The lowest BCUT2D eigenvalue weighted by molar-refractivity contribution is -0.119. The Balaban J connectivity index is 2.00. The zero-order valence-corrected chi connectivity index (χ0v) is 12.8. The van der Waals surface area contributed by atoms with Crippen LogP contribution in [0.5, 0.6) is 5.75 Å². The van der Waals surface area contributed by atoms with Gasteiger partial charge < -0.3 is 4.74 Å². The Morgan fingerprint density at radius 1 is 1.45 bits per heavy atom. The molecule has 0 spiro atoms. The average Bonchev–Trinajstić information content (AvgIpc) is 2.68. The van der Waals surface area contributed by atoms with E-state index < -0.39 is 9.84 Å². The predicted octanol–water partition coefficient (Wildman–Crippen LogP) is 2.29. The van der Waals surface area contributed by atoms with E-state index in [0.717, 1.165) is 5.56 Å². The molecule has 1 fully saturated rings. The van der Waals surface area contributed by atoms with Gasteiger partial charge in [-0.05, 0) is 30.5 Å². The van der Waals surface area contributed by atoms with Crippen molar-refractivity contribution in [1.82, 2.24) is 0 Å².